The standard InChI is InChI=1S/C10H14N4O4S/c1-3-18-9(16)6(14-17)4-5-7(11)12-10(19-2)13-8(5)15/h17H,3-4H2,1-2H3,(H3,11,12,13,15)/b14-6-. The van der Waals surface area contributed by atoms with Gasteiger partial charge in [-0.25, -0.2) is 9.78 Å². The molecule has 0 fully saturated rings. The van der Waals surface area contributed by atoms with Gasteiger partial charge in [0.25, 0.3) is 5.56 Å². The van der Waals surface area contributed by atoms with E-state index >= 15 is 0 Å². The van der Waals surface area contributed by atoms with Crippen LogP contribution >= 0.6 is 11.8 Å². The number of carbonyl (C=O) groups excluding carboxylic acids is 1. The molecule has 0 radical (unpaired) electrons. The van der Waals surface area contributed by atoms with Crippen LogP contribution in [0.5, 0.6) is 0 Å². The maximum Gasteiger partial charge on any atom is 0.356 e. The van der Waals surface area contributed by atoms with Gasteiger partial charge in [-0.05, 0) is 13.2 Å². The maximum atomic E-state index is 11.8. The molecule has 0 saturated heterocycles. The molecule has 0 bridgehead atoms. The molecule has 0 aliphatic rings. The molecule has 0 amide bonds. The summed E-state index contributed by atoms with van der Waals surface area (Å²) in [4.78, 5) is 29.6. The molecule has 1 aromatic rings. The molecular formula is C10H14N4O4S. The van der Waals surface area contributed by atoms with Crippen molar-refractivity contribution >= 4 is 29.3 Å². The van der Waals surface area contributed by atoms with E-state index in [-0.39, 0.29) is 30.1 Å². The fourth-order valence-corrected chi connectivity index (χ4v) is 1.68. The molecule has 0 atom stereocenters. The molecule has 9 heteroatoms. The highest BCUT2D eigenvalue weighted by Gasteiger charge is 2.19. The summed E-state index contributed by atoms with van der Waals surface area (Å²) in [6, 6.07) is 0. The number of nitrogens with one attached hydrogen (secondary N) is 1. The van der Waals surface area contributed by atoms with Gasteiger partial charge in [-0.15, -0.1) is 0 Å². The number of hydrogen-bond acceptors (Lipinski definition) is 8. The highest BCUT2D eigenvalue weighted by Crippen LogP contribution is 2.11. The second kappa shape index (κ2) is 6.78. The molecule has 104 valence electrons. The van der Waals surface area contributed by atoms with E-state index in [1.807, 2.05) is 0 Å². The van der Waals surface area contributed by atoms with Gasteiger partial charge in [-0.3, -0.25) is 4.79 Å². The molecule has 0 aromatic carbocycles. The number of carbonyl (C=O) groups is 1. The van der Waals surface area contributed by atoms with Crippen molar-refractivity contribution < 1.29 is 14.7 Å². The molecular weight excluding hydrogens is 272 g/mol. The number of aromatic amines is 1. The minimum absolute atomic E-state index is 0.0152. The molecule has 0 unspecified atom stereocenters. The van der Waals surface area contributed by atoms with Gasteiger partial charge in [0, 0.05) is 6.42 Å². The van der Waals surface area contributed by atoms with Crippen molar-refractivity contribution in [3.05, 3.63) is 15.9 Å². The lowest BCUT2D eigenvalue weighted by Gasteiger charge is -2.06. The summed E-state index contributed by atoms with van der Waals surface area (Å²) >= 11 is 1.23. The highest BCUT2D eigenvalue weighted by molar-refractivity contribution is 7.98. The van der Waals surface area contributed by atoms with Crippen molar-refractivity contribution in [2.75, 3.05) is 18.6 Å². The van der Waals surface area contributed by atoms with E-state index in [2.05, 4.69) is 19.9 Å². The summed E-state index contributed by atoms with van der Waals surface area (Å²) in [6.45, 7) is 1.75. The molecule has 1 aromatic heterocycles. The van der Waals surface area contributed by atoms with E-state index < -0.39 is 11.5 Å². The average Bonchev–Trinajstić information content (AvgIpc) is 2.38. The van der Waals surface area contributed by atoms with E-state index in [0.29, 0.717) is 5.16 Å². The SMILES string of the molecule is CCOC(=O)/C(Cc1c(N)nc(SC)[nH]c1=O)=N\O. The van der Waals surface area contributed by atoms with Crippen molar-refractivity contribution in [3.63, 3.8) is 0 Å². The molecule has 1 heterocycles. The fraction of sp³-hybridized carbons (Fsp3) is 0.400. The largest absolute Gasteiger partial charge is 0.461 e. The van der Waals surface area contributed by atoms with Crippen LogP contribution in [-0.2, 0) is 16.0 Å². The molecule has 0 spiro atoms. The number of esters is 1. The predicted molar refractivity (Wildman–Crippen MR) is 70.6 cm³/mol. The van der Waals surface area contributed by atoms with Gasteiger partial charge in [-0.2, -0.15) is 0 Å². The normalized spacial score (nSPS) is 11.4. The zero-order valence-electron chi connectivity index (χ0n) is 10.5. The number of oxime groups is 1. The van der Waals surface area contributed by atoms with Crippen molar-refractivity contribution in [2.45, 2.75) is 18.5 Å². The first-order chi connectivity index (χ1) is 9.03. The number of thioether (sulfide) groups is 1. The van der Waals surface area contributed by atoms with Crippen LogP contribution in [0.3, 0.4) is 0 Å². The van der Waals surface area contributed by atoms with Crippen LogP contribution < -0.4 is 11.3 Å². The Hall–Kier alpha value is -2.03. The molecule has 0 saturated carbocycles. The van der Waals surface area contributed by atoms with Crippen LogP contribution in [0.25, 0.3) is 0 Å². The third-order valence-corrected chi connectivity index (χ3v) is 2.78. The van der Waals surface area contributed by atoms with E-state index in [9.17, 15) is 9.59 Å². The van der Waals surface area contributed by atoms with Gasteiger partial charge in [-0.1, -0.05) is 16.9 Å². The number of aromatic nitrogens is 2. The second-order valence-corrected chi connectivity index (χ2v) is 4.18. The van der Waals surface area contributed by atoms with Gasteiger partial charge in [0.1, 0.15) is 5.82 Å². The lowest BCUT2D eigenvalue weighted by molar-refractivity contribution is -0.135. The number of nitrogens with zero attached hydrogens (tertiary/aromatic N) is 2. The smallest absolute Gasteiger partial charge is 0.356 e. The van der Waals surface area contributed by atoms with Crippen molar-refractivity contribution in [1.29, 1.82) is 0 Å². The first-order valence-corrected chi connectivity index (χ1v) is 6.56. The second-order valence-electron chi connectivity index (χ2n) is 3.38. The summed E-state index contributed by atoms with van der Waals surface area (Å²) < 4.78 is 4.68. The molecule has 19 heavy (non-hydrogen) atoms. The average molecular weight is 286 g/mol. The van der Waals surface area contributed by atoms with Crippen molar-refractivity contribution in [3.8, 4) is 0 Å². The van der Waals surface area contributed by atoms with Crippen LogP contribution in [0, 0.1) is 0 Å². The Balaban J connectivity index is 3.05. The van der Waals surface area contributed by atoms with Gasteiger partial charge in [0.15, 0.2) is 10.9 Å². The Bertz CT molecular complexity index is 555. The zero-order chi connectivity index (χ0) is 14.4. The summed E-state index contributed by atoms with van der Waals surface area (Å²) in [7, 11) is 0. The minimum Gasteiger partial charge on any atom is -0.461 e. The van der Waals surface area contributed by atoms with Crippen LogP contribution in [0.15, 0.2) is 15.1 Å². The van der Waals surface area contributed by atoms with Crippen LogP contribution in [0.2, 0.25) is 0 Å². The quantitative estimate of drug-likeness (QED) is 0.173. The zero-order valence-corrected chi connectivity index (χ0v) is 11.3. The Kier molecular flexibility index (Phi) is 5.37. The highest BCUT2D eigenvalue weighted by atomic mass is 32.2. The monoisotopic (exact) mass is 286 g/mol. The van der Waals surface area contributed by atoms with Crippen molar-refractivity contribution in [1.82, 2.24) is 9.97 Å². The van der Waals surface area contributed by atoms with Gasteiger partial charge in [0.05, 0.1) is 12.2 Å². The molecule has 1 rings (SSSR count). The predicted octanol–water partition coefficient (Wildman–Crippen LogP) is 0.00980. The van der Waals surface area contributed by atoms with E-state index in [0.717, 1.165) is 0 Å². The number of H-pyrrole nitrogens is 1. The van der Waals surface area contributed by atoms with Crippen molar-refractivity contribution in [2.24, 2.45) is 5.16 Å². The Morgan fingerprint density at radius 2 is 2.32 bits per heavy atom. The lowest BCUT2D eigenvalue weighted by atomic mass is 10.1. The summed E-state index contributed by atoms with van der Waals surface area (Å²) in [5, 5.41) is 12.0. The number of anilines is 1. The van der Waals surface area contributed by atoms with E-state index in [1.54, 1.807) is 13.2 Å². The topological polar surface area (TPSA) is 131 Å². The first kappa shape index (κ1) is 15.0. The summed E-state index contributed by atoms with van der Waals surface area (Å²) in [5.74, 6) is -0.823. The van der Waals surface area contributed by atoms with Gasteiger partial charge < -0.3 is 20.7 Å². The summed E-state index contributed by atoms with van der Waals surface area (Å²) in [6.07, 6.45) is 1.48. The Morgan fingerprint density at radius 3 is 2.79 bits per heavy atom. The van der Waals surface area contributed by atoms with Crippen LogP contribution in [0.4, 0.5) is 5.82 Å². The fourth-order valence-electron chi connectivity index (χ4n) is 1.29. The van der Waals surface area contributed by atoms with Gasteiger partial charge >= 0.3 is 5.97 Å². The number of nitrogen functional groups attached to an aromatic ring is 1. The van der Waals surface area contributed by atoms with Crippen LogP contribution in [-0.4, -0.2) is 39.7 Å². The van der Waals surface area contributed by atoms with E-state index in [1.165, 1.54) is 11.8 Å². The van der Waals surface area contributed by atoms with Gasteiger partial charge in [0.2, 0.25) is 0 Å². The number of ether oxygens (including phenoxy) is 1. The minimum atomic E-state index is -0.808. The third kappa shape index (κ3) is 3.71. The summed E-state index contributed by atoms with van der Waals surface area (Å²) in [5.41, 5.74) is 4.90. The Labute approximate surface area is 113 Å². The molecule has 8 nitrogen and oxygen atoms in total. The first-order valence-electron chi connectivity index (χ1n) is 5.34. The van der Waals surface area contributed by atoms with Crippen LogP contribution in [0.1, 0.15) is 12.5 Å². The molecule has 0 aliphatic carbocycles. The van der Waals surface area contributed by atoms with E-state index in [4.69, 9.17) is 10.9 Å². The maximum absolute atomic E-state index is 11.8. The molecule has 4 N–H and O–H groups in total. The lowest BCUT2D eigenvalue weighted by Crippen LogP contribution is -2.26. The molecule has 0 aliphatic heterocycles. The number of nitrogens with two attached hydrogens (primary N) is 1. The Morgan fingerprint density at radius 1 is 1.63 bits per heavy atom. The number of rotatable bonds is 5. The third-order valence-electron chi connectivity index (χ3n) is 2.20. The number of hydrogen-bond donors (Lipinski definition) is 3.